The molecule has 0 radical (unpaired) electrons. The van der Waals surface area contributed by atoms with Gasteiger partial charge in [0.05, 0.1) is 14.2 Å². The molecule has 1 N–H and O–H groups in total. The lowest BCUT2D eigenvalue weighted by Crippen LogP contribution is -1.97. The highest BCUT2D eigenvalue weighted by Crippen LogP contribution is 2.25. The Morgan fingerprint density at radius 3 is 1.86 bits per heavy atom. The van der Waals surface area contributed by atoms with Crippen LogP contribution in [-0.4, -0.2) is 25.3 Å². The Bertz CT molecular complexity index is 1550. The Morgan fingerprint density at radius 2 is 1.39 bits per heavy atom. The summed E-state index contributed by atoms with van der Waals surface area (Å²) in [7, 11) is 3.42. The Labute approximate surface area is 212 Å². The van der Waals surface area contributed by atoms with E-state index in [0.29, 0.717) is 0 Å². The van der Waals surface area contributed by atoms with Crippen molar-refractivity contribution in [1.29, 1.82) is 0 Å². The third-order valence-corrected chi connectivity index (χ3v) is 6.75. The minimum Gasteiger partial charge on any atom is -0.497 e. The summed E-state index contributed by atoms with van der Waals surface area (Å²) in [6.07, 6.45) is 7.69. The van der Waals surface area contributed by atoms with Crippen LogP contribution in [0.3, 0.4) is 0 Å². The monoisotopic (exact) mass is 482 g/mol. The van der Waals surface area contributed by atoms with Gasteiger partial charge in [-0.15, -0.1) is 0 Å². The van der Waals surface area contributed by atoms with E-state index in [9.17, 15) is 0 Å². The number of hydrogen-bond acceptors (Lipinski definition) is 3. The molecule has 0 spiro atoms. The largest absolute Gasteiger partial charge is 0.497 e. The van der Waals surface area contributed by atoms with Gasteiger partial charge in [-0.05, 0) is 81.4 Å². The molecule has 6 rings (SSSR count). The molecule has 0 bridgehead atoms. The van der Waals surface area contributed by atoms with Crippen molar-refractivity contribution in [3.63, 3.8) is 0 Å². The van der Waals surface area contributed by atoms with Crippen LogP contribution in [0.1, 0.15) is 43.7 Å². The second-order valence-electron chi connectivity index (χ2n) is 9.22. The predicted molar refractivity (Wildman–Crippen MR) is 144 cm³/mol. The van der Waals surface area contributed by atoms with E-state index in [1.54, 1.807) is 19.8 Å². The van der Waals surface area contributed by atoms with Crippen LogP contribution in [0, 0.1) is 20.9 Å². The molecule has 0 saturated carbocycles. The Morgan fingerprint density at radius 1 is 0.722 bits per heavy atom. The number of carbonyl (C=O) groups is 1. The molecule has 0 atom stereocenters. The zero-order valence-corrected chi connectivity index (χ0v) is 21.3. The first-order chi connectivity index (χ1) is 17.5. The van der Waals surface area contributed by atoms with Crippen LogP contribution >= 0.6 is 0 Å². The fourth-order valence-corrected chi connectivity index (χ4v) is 4.66. The lowest BCUT2D eigenvalue weighted by Gasteiger charge is -2.11. The summed E-state index contributed by atoms with van der Waals surface area (Å²) >= 11 is 0. The van der Waals surface area contributed by atoms with Gasteiger partial charge in [0.15, 0.2) is 0 Å². The van der Waals surface area contributed by atoms with Crippen molar-refractivity contribution >= 4 is 16.7 Å². The van der Waals surface area contributed by atoms with Gasteiger partial charge in [-0.1, -0.05) is 67.4 Å². The highest BCUT2D eigenvalue weighted by atomic mass is 16.5. The van der Waals surface area contributed by atoms with Crippen LogP contribution in [0.5, 0.6) is 11.5 Å². The fourth-order valence-electron chi connectivity index (χ4n) is 4.66. The van der Waals surface area contributed by atoms with Gasteiger partial charge in [-0.25, -0.2) is 0 Å². The van der Waals surface area contributed by atoms with Crippen LogP contribution in [-0.2, 0) is 17.6 Å². The summed E-state index contributed by atoms with van der Waals surface area (Å²) in [6.45, 7) is 1.08. The molecule has 2 aromatic carbocycles. The first-order valence-corrected chi connectivity index (χ1v) is 12.6. The van der Waals surface area contributed by atoms with E-state index >= 15 is 0 Å². The van der Waals surface area contributed by atoms with E-state index in [1.165, 1.54) is 75.7 Å². The highest BCUT2D eigenvalue weighted by Gasteiger charge is 2.06. The second-order valence-corrected chi connectivity index (χ2v) is 9.22. The van der Waals surface area contributed by atoms with Crippen molar-refractivity contribution in [2.75, 3.05) is 14.2 Å². The van der Waals surface area contributed by atoms with Gasteiger partial charge < -0.3 is 14.6 Å². The summed E-state index contributed by atoms with van der Waals surface area (Å²) in [5, 5.41) is 15.7. The van der Waals surface area contributed by atoms with Crippen molar-refractivity contribution in [1.82, 2.24) is 0 Å². The number of unbranched alkanes of at least 4 members (excludes halogenated alkanes) is 3. The van der Waals surface area contributed by atoms with E-state index in [1.807, 2.05) is 6.07 Å². The molecule has 4 aliphatic rings. The minimum atomic E-state index is -0.833. The molecule has 0 fully saturated rings. The Balaban J connectivity index is 0.000000208. The zero-order valence-electron chi connectivity index (χ0n) is 21.3. The lowest BCUT2D eigenvalue weighted by atomic mass is 9.94. The summed E-state index contributed by atoms with van der Waals surface area (Å²) < 4.78 is 10.3. The minimum absolute atomic E-state index is 0.833. The normalized spacial score (nSPS) is 11.0. The maximum Gasteiger partial charge on any atom is 0.300 e. The van der Waals surface area contributed by atoms with Crippen molar-refractivity contribution in [3.8, 4) is 11.5 Å². The SMILES string of the molecule is CC(=O)O.COc1cc2ccc1=2.COc1ccc2c(CCCCCCc3cc4ccc3=4)cccc2c1. The van der Waals surface area contributed by atoms with Crippen molar-refractivity contribution in [3.05, 3.63) is 105 Å². The molecular weight excluding hydrogens is 448 g/mol. The predicted octanol–water partition coefficient (Wildman–Crippen LogP) is 7.18. The standard InChI is InChI=1S/C23H24O.C7H6O.C2H4O2/c1-24-21-12-14-22-17(9-6-10-19(22)16-21)7-4-2-3-5-8-18-15-20-11-13-23(18)20;1-8-7-4-5-2-3-6(5)7;1-2(3)4/h6,9-16H,2-5,7-8H2,1H3;2-4H,1H3;1H3,(H,3,4). The van der Waals surface area contributed by atoms with Crippen LogP contribution in [0.2, 0.25) is 0 Å². The van der Waals surface area contributed by atoms with Gasteiger partial charge in [0.1, 0.15) is 11.5 Å². The van der Waals surface area contributed by atoms with Gasteiger partial charge in [-0.3, -0.25) is 4.79 Å². The number of hydrogen-bond donors (Lipinski definition) is 1. The van der Waals surface area contributed by atoms with Crippen LogP contribution < -0.4 is 9.47 Å². The zero-order chi connectivity index (χ0) is 25.5. The Kier molecular flexibility index (Phi) is 8.27. The third kappa shape index (κ3) is 5.88. The smallest absolute Gasteiger partial charge is 0.300 e. The van der Waals surface area contributed by atoms with Gasteiger partial charge in [-0.2, -0.15) is 0 Å². The van der Waals surface area contributed by atoms with Gasteiger partial charge in [0.2, 0.25) is 0 Å². The summed E-state index contributed by atoms with van der Waals surface area (Å²) in [5.74, 6) is 1.13. The number of methoxy groups -OCH3 is 2. The van der Waals surface area contributed by atoms with Crippen molar-refractivity contribution in [2.45, 2.75) is 45.4 Å². The van der Waals surface area contributed by atoms with Crippen molar-refractivity contribution < 1.29 is 19.4 Å². The topological polar surface area (TPSA) is 55.8 Å². The molecule has 36 heavy (non-hydrogen) atoms. The van der Waals surface area contributed by atoms with Crippen molar-refractivity contribution in [2.24, 2.45) is 0 Å². The summed E-state index contributed by atoms with van der Waals surface area (Å²) in [5.41, 5.74) is 3.04. The molecular formula is C32H34O4. The maximum atomic E-state index is 9.00. The van der Waals surface area contributed by atoms with Crippen LogP contribution in [0.25, 0.3) is 10.8 Å². The number of carboxylic acids is 1. The average molecular weight is 483 g/mol. The molecule has 0 unspecified atom stereocenters. The number of benzene rings is 4. The van der Waals surface area contributed by atoms with Gasteiger partial charge in [0, 0.05) is 12.1 Å². The fraction of sp³-hybridized carbons (Fsp3) is 0.281. The van der Waals surface area contributed by atoms with Gasteiger partial charge >= 0.3 is 0 Å². The van der Waals surface area contributed by atoms with E-state index in [-0.39, 0.29) is 0 Å². The molecule has 186 valence electrons. The molecule has 0 aromatic heterocycles. The van der Waals surface area contributed by atoms with Crippen LogP contribution in [0.15, 0.2) is 72.8 Å². The first kappa shape index (κ1) is 25.3. The number of carboxylic acid groups (broad SMARTS) is 1. The van der Waals surface area contributed by atoms with E-state index < -0.39 is 5.97 Å². The third-order valence-electron chi connectivity index (χ3n) is 6.75. The first-order valence-electron chi connectivity index (χ1n) is 12.6. The summed E-state index contributed by atoms with van der Waals surface area (Å²) in [4.78, 5) is 9.00. The number of ether oxygens (including phenoxy) is 2. The number of aliphatic carboxylic acids is 1. The molecule has 0 aliphatic heterocycles. The number of aryl methyl sites for hydroxylation is 2. The lowest BCUT2D eigenvalue weighted by molar-refractivity contribution is -0.134. The van der Waals surface area contributed by atoms with E-state index in [0.717, 1.165) is 18.4 Å². The molecule has 0 heterocycles. The van der Waals surface area contributed by atoms with E-state index in [4.69, 9.17) is 19.4 Å². The number of rotatable bonds is 9. The molecule has 4 aliphatic carbocycles. The maximum absolute atomic E-state index is 9.00. The van der Waals surface area contributed by atoms with Gasteiger partial charge in [0.25, 0.3) is 5.97 Å². The van der Waals surface area contributed by atoms with E-state index in [2.05, 4.69) is 66.7 Å². The summed E-state index contributed by atoms with van der Waals surface area (Å²) in [6, 6.07) is 26.0. The molecule has 2 aromatic rings. The second kappa shape index (κ2) is 11.8. The Hall–Kier alpha value is -3.79. The quantitative estimate of drug-likeness (QED) is 0.222. The number of fused-ring (bicyclic) bond motifs is 1. The molecule has 0 amide bonds. The molecule has 4 nitrogen and oxygen atoms in total. The average Bonchev–Trinajstić information content (AvgIpc) is 2.84. The van der Waals surface area contributed by atoms with Crippen LogP contribution in [0.4, 0.5) is 0 Å². The highest BCUT2D eigenvalue weighted by molar-refractivity contribution is 5.87. The molecule has 0 saturated heterocycles. The molecule has 4 heteroatoms.